The Hall–Kier alpha value is -0.630. The van der Waals surface area contributed by atoms with E-state index >= 15 is 0 Å². The average molecular weight is 138 g/mol. The summed E-state index contributed by atoms with van der Waals surface area (Å²) < 4.78 is 5.19. The van der Waals surface area contributed by atoms with Gasteiger partial charge in [-0.15, -0.1) is 0 Å². The van der Waals surface area contributed by atoms with Crippen molar-refractivity contribution in [1.82, 2.24) is 0 Å². The molecule has 54 valence electrons. The van der Waals surface area contributed by atoms with Gasteiger partial charge in [0.1, 0.15) is 12.2 Å². The minimum atomic E-state index is -0.111. The van der Waals surface area contributed by atoms with E-state index in [9.17, 15) is 4.79 Å². The SMILES string of the molecule is CC1(C)C=CC(=O)C2OC21. The zero-order valence-electron chi connectivity index (χ0n) is 6.13. The van der Waals surface area contributed by atoms with Crippen LogP contribution in [0, 0.1) is 5.41 Å². The first-order valence-corrected chi connectivity index (χ1v) is 3.50. The van der Waals surface area contributed by atoms with Gasteiger partial charge in [-0.3, -0.25) is 4.79 Å². The van der Waals surface area contributed by atoms with Crippen molar-refractivity contribution in [2.75, 3.05) is 0 Å². The minimum absolute atomic E-state index is 0.0680. The summed E-state index contributed by atoms with van der Waals surface area (Å²) in [7, 11) is 0. The molecule has 0 saturated carbocycles. The Morgan fingerprint density at radius 2 is 2.30 bits per heavy atom. The molecule has 0 aromatic rings. The van der Waals surface area contributed by atoms with Crippen LogP contribution in [0.2, 0.25) is 0 Å². The molecule has 2 unspecified atom stereocenters. The topological polar surface area (TPSA) is 29.6 Å². The molecule has 0 aromatic heterocycles. The fourth-order valence-electron chi connectivity index (χ4n) is 1.38. The lowest BCUT2D eigenvalue weighted by atomic mass is 9.82. The number of hydrogen-bond donors (Lipinski definition) is 0. The maximum absolute atomic E-state index is 10.9. The second-order valence-corrected chi connectivity index (χ2v) is 3.53. The second kappa shape index (κ2) is 1.51. The van der Waals surface area contributed by atoms with Crippen molar-refractivity contribution in [3.8, 4) is 0 Å². The number of epoxide rings is 1. The molecule has 1 heterocycles. The molecular formula is C8H10O2. The molecule has 2 heteroatoms. The Morgan fingerprint density at radius 3 is 2.90 bits per heavy atom. The van der Waals surface area contributed by atoms with E-state index in [1.165, 1.54) is 0 Å². The van der Waals surface area contributed by atoms with Crippen LogP contribution >= 0.6 is 0 Å². The zero-order valence-corrected chi connectivity index (χ0v) is 6.13. The highest BCUT2D eigenvalue weighted by molar-refractivity contribution is 5.97. The van der Waals surface area contributed by atoms with Crippen LogP contribution in [-0.4, -0.2) is 18.0 Å². The fraction of sp³-hybridized carbons (Fsp3) is 0.625. The molecule has 0 spiro atoms. The van der Waals surface area contributed by atoms with Gasteiger partial charge in [0.25, 0.3) is 0 Å². The highest BCUT2D eigenvalue weighted by Gasteiger charge is 2.54. The van der Waals surface area contributed by atoms with Gasteiger partial charge >= 0.3 is 0 Å². The molecular weight excluding hydrogens is 128 g/mol. The molecule has 1 aliphatic heterocycles. The van der Waals surface area contributed by atoms with Crippen molar-refractivity contribution < 1.29 is 9.53 Å². The molecule has 1 fully saturated rings. The van der Waals surface area contributed by atoms with Crippen LogP contribution in [0.4, 0.5) is 0 Å². The van der Waals surface area contributed by atoms with Gasteiger partial charge in [-0.05, 0) is 6.08 Å². The normalized spacial score (nSPS) is 41.2. The molecule has 0 N–H and O–H groups in total. The van der Waals surface area contributed by atoms with Crippen LogP contribution in [0.25, 0.3) is 0 Å². The first-order valence-electron chi connectivity index (χ1n) is 3.50. The van der Waals surface area contributed by atoms with Crippen LogP contribution in [0.5, 0.6) is 0 Å². The van der Waals surface area contributed by atoms with Gasteiger partial charge in [0.05, 0.1) is 0 Å². The summed E-state index contributed by atoms with van der Waals surface area (Å²) in [5, 5.41) is 0. The zero-order chi connectivity index (χ0) is 7.35. The van der Waals surface area contributed by atoms with Crippen LogP contribution in [0.3, 0.4) is 0 Å². The average Bonchev–Trinajstić information content (AvgIpc) is 2.58. The summed E-state index contributed by atoms with van der Waals surface area (Å²) in [4.78, 5) is 10.9. The largest absolute Gasteiger partial charge is 0.360 e. The summed E-state index contributed by atoms with van der Waals surface area (Å²) in [6.07, 6.45) is 3.61. The second-order valence-electron chi connectivity index (χ2n) is 3.53. The summed E-state index contributed by atoms with van der Waals surface area (Å²) in [5.41, 5.74) is 0.0680. The molecule has 2 aliphatic rings. The van der Waals surface area contributed by atoms with Crippen LogP contribution in [0.1, 0.15) is 13.8 Å². The van der Waals surface area contributed by atoms with E-state index in [0.29, 0.717) is 0 Å². The number of ether oxygens (including phenoxy) is 1. The predicted molar refractivity (Wildman–Crippen MR) is 36.6 cm³/mol. The van der Waals surface area contributed by atoms with Crippen LogP contribution in [-0.2, 0) is 9.53 Å². The third-order valence-corrected chi connectivity index (χ3v) is 2.18. The Labute approximate surface area is 59.9 Å². The van der Waals surface area contributed by atoms with Crippen molar-refractivity contribution in [2.24, 2.45) is 5.41 Å². The van der Waals surface area contributed by atoms with E-state index in [4.69, 9.17) is 4.74 Å². The van der Waals surface area contributed by atoms with E-state index in [2.05, 4.69) is 13.8 Å². The van der Waals surface area contributed by atoms with Gasteiger partial charge in [-0.25, -0.2) is 0 Å². The smallest absolute Gasteiger partial charge is 0.186 e. The highest BCUT2D eigenvalue weighted by Crippen LogP contribution is 2.43. The van der Waals surface area contributed by atoms with Crippen molar-refractivity contribution in [1.29, 1.82) is 0 Å². The molecule has 0 aromatic carbocycles. The van der Waals surface area contributed by atoms with Gasteiger partial charge in [0.15, 0.2) is 5.78 Å². The van der Waals surface area contributed by atoms with E-state index in [0.717, 1.165) is 0 Å². The Morgan fingerprint density at radius 1 is 1.60 bits per heavy atom. The lowest BCUT2D eigenvalue weighted by molar-refractivity contribution is -0.115. The minimum Gasteiger partial charge on any atom is -0.360 e. The van der Waals surface area contributed by atoms with Gasteiger partial charge < -0.3 is 4.74 Å². The first kappa shape index (κ1) is 6.10. The van der Waals surface area contributed by atoms with Crippen molar-refractivity contribution >= 4 is 5.78 Å². The maximum Gasteiger partial charge on any atom is 0.186 e. The lowest BCUT2D eigenvalue weighted by Crippen LogP contribution is -2.25. The third kappa shape index (κ3) is 0.655. The number of rotatable bonds is 0. The summed E-state index contributed by atoms with van der Waals surface area (Å²) in [6, 6.07) is 0. The Bertz CT molecular complexity index is 215. The predicted octanol–water partition coefficient (Wildman–Crippen LogP) is 0.919. The number of hydrogen-bond acceptors (Lipinski definition) is 2. The van der Waals surface area contributed by atoms with Gasteiger partial charge in [0, 0.05) is 5.41 Å². The van der Waals surface area contributed by atoms with Gasteiger partial charge in [0.2, 0.25) is 0 Å². The Kier molecular flexibility index (Phi) is 0.920. The van der Waals surface area contributed by atoms with Crippen molar-refractivity contribution in [3.63, 3.8) is 0 Å². The van der Waals surface area contributed by atoms with E-state index < -0.39 is 0 Å². The standard InChI is InChI=1S/C8H10O2/c1-8(2)4-3-5(9)6-7(8)10-6/h3-4,6-7H,1-2H3. The van der Waals surface area contributed by atoms with E-state index in [1.807, 2.05) is 6.08 Å². The molecule has 0 amide bonds. The van der Waals surface area contributed by atoms with Gasteiger partial charge in [-0.1, -0.05) is 19.9 Å². The molecule has 2 rings (SSSR count). The molecule has 0 radical (unpaired) electrons. The molecule has 10 heavy (non-hydrogen) atoms. The quantitative estimate of drug-likeness (QED) is 0.466. The first-order chi connectivity index (χ1) is 4.61. The van der Waals surface area contributed by atoms with Crippen molar-refractivity contribution in [3.05, 3.63) is 12.2 Å². The Balaban J connectivity index is 2.32. The van der Waals surface area contributed by atoms with Crippen LogP contribution in [0.15, 0.2) is 12.2 Å². The maximum atomic E-state index is 10.9. The molecule has 0 bridgehead atoms. The number of carbonyl (C=O) groups is 1. The number of ketones is 1. The monoisotopic (exact) mass is 138 g/mol. The van der Waals surface area contributed by atoms with E-state index in [1.54, 1.807) is 6.08 Å². The number of fused-ring (bicyclic) bond motifs is 1. The molecule has 1 aliphatic carbocycles. The fourth-order valence-corrected chi connectivity index (χ4v) is 1.38. The van der Waals surface area contributed by atoms with Gasteiger partial charge in [-0.2, -0.15) is 0 Å². The molecule has 1 saturated heterocycles. The lowest BCUT2D eigenvalue weighted by Gasteiger charge is -2.18. The molecule has 2 nitrogen and oxygen atoms in total. The number of carbonyl (C=O) groups excluding carboxylic acids is 1. The summed E-state index contributed by atoms with van der Waals surface area (Å²) in [5.74, 6) is 0.129. The van der Waals surface area contributed by atoms with Crippen LogP contribution < -0.4 is 0 Å². The molecule has 2 atom stereocenters. The third-order valence-electron chi connectivity index (χ3n) is 2.18. The highest BCUT2D eigenvalue weighted by atomic mass is 16.6. The van der Waals surface area contributed by atoms with Crippen molar-refractivity contribution in [2.45, 2.75) is 26.1 Å². The summed E-state index contributed by atoms with van der Waals surface area (Å²) >= 11 is 0. The summed E-state index contributed by atoms with van der Waals surface area (Å²) in [6.45, 7) is 4.17. The van der Waals surface area contributed by atoms with E-state index in [-0.39, 0.29) is 23.4 Å².